The summed E-state index contributed by atoms with van der Waals surface area (Å²) >= 11 is 1.67. The van der Waals surface area contributed by atoms with Crippen LogP contribution in [0.1, 0.15) is 6.42 Å². The molecule has 3 heterocycles. The summed E-state index contributed by atoms with van der Waals surface area (Å²) in [6.45, 7) is 4.32. The zero-order valence-corrected chi connectivity index (χ0v) is 22.3. The van der Waals surface area contributed by atoms with Gasteiger partial charge in [0.25, 0.3) is 0 Å². The van der Waals surface area contributed by atoms with Crippen molar-refractivity contribution in [2.24, 2.45) is 5.73 Å². The van der Waals surface area contributed by atoms with Crippen LogP contribution >= 0.6 is 11.3 Å². The third-order valence-electron chi connectivity index (χ3n) is 7.00. The van der Waals surface area contributed by atoms with Crippen molar-refractivity contribution < 1.29 is 13.9 Å². The number of carbonyl (C=O) groups is 1. The molecule has 0 aliphatic carbocycles. The molecule has 9 heteroatoms. The number of ether oxygens (including phenoxy) is 1. The predicted molar refractivity (Wildman–Crippen MR) is 159 cm³/mol. The molecular weight excluding hydrogens is 512 g/mol. The summed E-state index contributed by atoms with van der Waals surface area (Å²) in [7, 11) is 0. The number of benzene rings is 3. The maximum absolute atomic E-state index is 13.2. The second-order valence-corrected chi connectivity index (χ2v) is 10.6. The Balaban J connectivity index is 1.48. The number of fused-ring (bicyclic) bond motifs is 4. The fraction of sp³-hybridized carbons (Fsp3) is 0.267. The highest BCUT2D eigenvalue weighted by Gasteiger charge is 2.20. The highest BCUT2D eigenvalue weighted by atomic mass is 32.1. The Morgan fingerprint density at radius 2 is 1.79 bits per heavy atom. The zero-order chi connectivity index (χ0) is 26.8. The van der Waals surface area contributed by atoms with E-state index in [1.165, 1.54) is 0 Å². The summed E-state index contributed by atoms with van der Waals surface area (Å²) in [5, 5.41) is 8.89. The lowest BCUT2D eigenvalue weighted by Crippen LogP contribution is -2.36. The molecule has 1 aliphatic rings. The Morgan fingerprint density at radius 1 is 0.974 bits per heavy atom. The second kappa shape index (κ2) is 11.2. The Labute approximate surface area is 229 Å². The van der Waals surface area contributed by atoms with Crippen LogP contribution in [0.4, 0.5) is 11.6 Å². The number of rotatable bonds is 8. The number of carbonyl (C=O) groups excluding carboxylic acids is 1. The lowest BCUT2D eigenvalue weighted by Gasteiger charge is -2.27. The van der Waals surface area contributed by atoms with Crippen LogP contribution < -0.4 is 26.7 Å². The molecule has 3 aromatic carbocycles. The number of nitrogens with one attached hydrogen (secondary N) is 2. The molecule has 4 N–H and O–H groups in total. The predicted octanol–water partition coefficient (Wildman–Crippen LogP) is 4.54. The number of nitrogens with zero attached hydrogens (tertiary/aromatic N) is 1. The molecule has 8 nitrogen and oxygen atoms in total. The van der Waals surface area contributed by atoms with E-state index in [4.69, 9.17) is 14.9 Å². The average Bonchev–Trinajstić information content (AvgIpc) is 3.36. The van der Waals surface area contributed by atoms with Crippen molar-refractivity contribution in [3.05, 3.63) is 70.9 Å². The number of hydrogen-bond acceptors (Lipinski definition) is 8. The van der Waals surface area contributed by atoms with Crippen LogP contribution in [0.5, 0.6) is 0 Å². The summed E-state index contributed by atoms with van der Waals surface area (Å²) in [5.74, 6) is 0.498. The highest BCUT2D eigenvalue weighted by Crippen LogP contribution is 2.45. The van der Waals surface area contributed by atoms with E-state index < -0.39 is 0 Å². The van der Waals surface area contributed by atoms with E-state index in [9.17, 15) is 9.59 Å². The van der Waals surface area contributed by atoms with Crippen molar-refractivity contribution in [2.45, 2.75) is 6.42 Å². The molecule has 0 spiro atoms. The standard InChI is InChI=1S/C30H30N4O4S/c31-11-13-32-12-10-26(36)33-23-9-8-20(30-28(23)22-4-1-2-7-25(22)39-30)19-5-3-6-21-24(35)18-27(38-29(19)21)34-14-16-37-17-15-34/h1-9,18,32H,10-17,31H2,(H,33,36). The van der Waals surface area contributed by atoms with Crippen molar-refractivity contribution in [1.82, 2.24) is 5.32 Å². The minimum Gasteiger partial charge on any atom is -0.440 e. The number of nitrogens with two attached hydrogens (primary N) is 1. The van der Waals surface area contributed by atoms with E-state index in [0.29, 0.717) is 69.2 Å². The molecule has 0 radical (unpaired) electrons. The van der Waals surface area contributed by atoms with E-state index in [0.717, 1.165) is 37.0 Å². The molecule has 200 valence electrons. The first-order valence-electron chi connectivity index (χ1n) is 13.2. The smallest absolute Gasteiger partial charge is 0.225 e. The molecule has 0 bridgehead atoms. The van der Waals surface area contributed by atoms with Crippen LogP contribution in [0.2, 0.25) is 0 Å². The van der Waals surface area contributed by atoms with Crippen molar-refractivity contribution in [2.75, 3.05) is 56.2 Å². The number of amides is 1. The van der Waals surface area contributed by atoms with E-state index in [1.54, 1.807) is 17.4 Å². The van der Waals surface area contributed by atoms with E-state index in [1.807, 2.05) is 42.5 Å². The lowest BCUT2D eigenvalue weighted by atomic mass is 9.99. The Morgan fingerprint density at radius 3 is 2.64 bits per heavy atom. The number of hydrogen-bond donors (Lipinski definition) is 3. The summed E-state index contributed by atoms with van der Waals surface area (Å²) in [5.41, 5.74) is 8.60. The van der Waals surface area contributed by atoms with Gasteiger partial charge in [0.1, 0.15) is 5.58 Å². The lowest BCUT2D eigenvalue weighted by molar-refractivity contribution is -0.116. The summed E-state index contributed by atoms with van der Waals surface area (Å²) < 4.78 is 14.1. The minimum atomic E-state index is -0.0701. The normalized spacial score (nSPS) is 13.9. The fourth-order valence-corrected chi connectivity index (χ4v) is 6.36. The van der Waals surface area contributed by atoms with E-state index in [2.05, 4.69) is 27.7 Å². The van der Waals surface area contributed by atoms with Gasteiger partial charge in [-0.3, -0.25) is 9.59 Å². The monoisotopic (exact) mass is 542 g/mol. The van der Waals surface area contributed by atoms with Crippen molar-refractivity contribution in [1.29, 1.82) is 0 Å². The first-order chi connectivity index (χ1) is 19.1. The van der Waals surface area contributed by atoms with Crippen LogP contribution in [0.15, 0.2) is 69.9 Å². The summed E-state index contributed by atoms with van der Waals surface area (Å²) in [6, 6.07) is 19.4. The zero-order valence-electron chi connectivity index (χ0n) is 21.5. The van der Waals surface area contributed by atoms with Gasteiger partial charge in [0.05, 0.1) is 24.3 Å². The molecule has 1 saturated heterocycles. The Bertz CT molecular complexity index is 1720. The molecule has 1 aliphatic heterocycles. The van der Waals surface area contributed by atoms with E-state index >= 15 is 0 Å². The first-order valence-corrected chi connectivity index (χ1v) is 14.0. The topological polar surface area (TPSA) is 110 Å². The Kier molecular flexibility index (Phi) is 7.30. The third kappa shape index (κ3) is 5.02. The molecule has 1 amide bonds. The number of thiophene rings is 1. The molecule has 0 saturated carbocycles. The SMILES string of the molecule is NCCNCCC(=O)Nc1ccc(-c2cccc3c(=O)cc(N4CCOCC4)oc23)c2sc3ccccc3c12. The molecule has 39 heavy (non-hydrogen) atoms. The number of para-hydroxylation sites is 1. The molecule has 0 atom stereocenters. The van der Waals surface area contributed by atoms with Crippen LogP contribution in [-0.4, -0.2) is 51.8 Å². The fourth-order valence-electron chi connectivity index (χ4n) is 5.10. The minimum absolute atomic E-state index is 0.0600. The third-order valence-corrected chi connectivity index (χ3v) is 8.21. The van der Waals surface area contributed by atoms with Gasteiger partial charge in [0, 0.05) is 76.5 Å². The largest absolute Gasteiger partial charge is 0.440 e. The van der Waals surface area contributed by atoms with Crippen LogP contribution in [-0.2, 0) is 9.53 Å². The van der Waals surface area contributed by atoms with Crippen LogP contribution in [0.25, 0.3) is 42.3 Å². The average molecular weight is 543 g/mol. The van der Waals surface area contributed by atoms with Gasteiger partial charge in [0.15, 0.2) is 11.3 Å². The van der Waals surface area contributed by atoms with Gasteiger partial charge >= 0.3 is 0 Å². The van der Waals surface area contributed by atoms with Gasteiger partial charge in [-0.15, -0.1) is 11.3 Å². The van der Waals surface area contributed by atoms with Crippen molar-refractivity contribution in [3.63, 3.8) is 0 Å². The number of anilines is 2. The second-order valence-electron chi connectivity index (χ2n) is 9.53. The molecule has 0 unspecified atom stereocenters. The van der Waals surface area contributed by atoms with Crippen molar-refractivity contribution in [3.8, 4) is 11.1 Å². The molecule has 1 fully saturated rings. The molecule has 6 rings (SSSR count). The van der Waals surface area contributed by atoms with Gasteiger partial charge in [-0.2, -0.15) is 0 Å². The molecular formula is C30H30N4O4S. The Hall–Kier alpha value is -3.76. The first kappa shape index (κ1) is 25.5. The quantitative estimate of drug-likeness (QED) is 0.247. The maximum atomic E-state index is 13.2. The molecule has 5 aromatic rings. The van der Waals surface area contributed by atoms with Gasteiger partial charge in [-0.05, 0) is 18.2 Å². The van der Waals surface area contributed by atoms with E-state index in [-0.39, 0.29) is 11.3 Å². The van der Waals surface area contributed by atoms with Gasteiger partial charge in [-0.25, -0.2) is 0 Å². The molecule has 2 aromatic heterocycles. The maximum Gasteiger partial charge on any atom is 0.225 e. The van der Waals surface area contributed by atoms with Gasteiger partial charge in [0.2, 0.25) is 5.91 Å². The number of morpholine rings is 1. The van der Waals surface area contributed by atoms with Crippen LogP contribution in [0, 0.1) is 0 Å². The highest BCUT2D eigenvalue weighted by molar-refractivity contribution is 7.26. The van der Waals surface area contributed by atoms with Gasteiger partial charge < -0.3 is 30.4 Å². The van der Waals surface area contributed by atoms with Crippen LogP contribution in [0.3, 0.4) is 0 Å². The summed E-state index contributed by atoms with van der Waals surface area (Å²) in [4.78, 5) is 28.0. The summed E-state index contributed by atoms with van der Waals surface area (Å²) in [6.07, 6.45) is 0.351. The van der Waals surface area contributed by atoms with Crippen molar-refractivity contribution >= 4 is 60.0 Å². The van der Waals surface area contributed by atoms with Gasteiger partial charge in [-0.1, -0.05) is 36.4 Å².